The van der Waals surface area contributed by atoms with Gasteiger partial charge in [-0.2, -0.15) is 0 Å². The lowest BCUT2D eigenvalue weighted by Crippen LogP contribution is -2.29. The van der Waals surface area contributed by atoms with Gasteiger partial charge in [-0.05, 0) is 79.4 Å². The van der Waals surface area contributed by atoms with E-state index in [-0.39, 0.29) is 16.3 Å². The lowest BCUT2D eigenvalue weighted by molar-refractivity contribution is -0.132. The van der Waals surface area contributed by atoms with Crippen molar-refractivity contribution >= 4 is 44.1 Å². The first-order chi connectivity index (χ1) is 19.7. The third-order valence-electron chi connectivity index (χ3n) is 6.64. The minimum absolute atomic E-state index is 0.158. The Morgan fingerprint density at radius 3 is 2.44 bits per heavy atom. The zero-order chi connectivity index (χ0) is 29.3. The largest absolute Gasteiger partial charge is 0.507 e. The van der Waals surface area contributed by atoms with E-state index in [9.17, 15) is 23.5 Å². The van der Waals surface area contributed by atoms with Crippen LogP contribution in [0.25, 0.3) is 16.0 Å². The Bertz CT molecular complexity index is 1650. The van der Waals surface area contributed by atoms with E-state index in [4.69, 9.17) is 9.47 Å². The molecule has 1 atom stereocenters. The Hall–Kier alpha value is -4.31. The number of carbonyl (C=O) groups is 2. The van der Waals surface area contributed by atoms with Crippen molar-refractivity contribution in [1.29, 1.82) is 0 Å². The van der Waals surface area contributed by atoms with Crippen LogP contribution >= 0.6 is 11.3 Å². The lowest BCUT2D eigenvalue weighted by Gasteiger charge is -2.24. The molecule has 1 aliphatic rings. The van der Waals surface area contributed by atoms with Crippen molar-refractivity contribution in [1.82, 2.24) is 4.98 Å². The molecule has 1 N–H and O–H groups in total. The molecule has 4 aromatic rings. The van der Waals surface area contributed by atoms with Crippen LogP contribution in [0.1, 0.15) is 44.4 Å². The van der Waals surface area contributed by atoms with Gasteiger partial charge in [-0.3, -0.25) is 14.5 Å². The minimum atomic E-state index is -1.10. The number of thiazole rings is 1. The molecular weight excluding hydrogens is 550 g/mol. The summed E-state index contributed by atoms with van der Waals surface area (Å²) < 4.78 is 39.9. The van der Waals surface area contributed by atoms with E-state index >= 15 is 0 Å². The SMILES string of the molecule is CCOc1cc(C2/C(=C(\O)c3ccc(F)cc3)C(=O)C(=O)N2c2nc3ccc(F)cc3s2)ccc1OCCC(C)C. The second kappa shape index (κ2) is 11.7. The summed E-state index contributed by atoms with van der Waals surface area (Å²) in [7, 11) is 0. The van der Waals surface area contributed by atoms with E-state index in [1.807, 2.05) is 6.92 Å². The van der Waals surface area contributed by atoms with Crippen molar-refractivity contribution in [2.75, 3.05) is 18.1 Å². The van der Waals surface area contributed by atoms with Gasteiger partial charge in [0.05, 0.1) is 35.0 Å². The number of halogens is 2. The topological polar surface area (TPSA) is 89.0 Å². The molecule has 1 amide bonds. The van der Waals surface area contributed by atoms with Gasteiger partial charge in [-0.15, -0.1) is 0 Å². The number of ketones is 1. The smallest absolute Gasteiger partial charge is 0.301 e. The maximum absolute atomic E-state index is 13.9. The first kappa shape index (κ1) is 28.2. The molecule has 0 bridgehead atoms. The van der Waals surface area contributed by atoms with Crippen LogP contribution in [0.3, 0.4) is 0 Å². The second-order valence-corrected chi connectivity index (χ2v) is 11.0. The van der Waals surface area contributed by atoms with Gasteiger partial charge in [0, 0.05) is 5.56 Å². The van der Waals surface area contributed by atoms with Crippen LogP contribution in [-0.2, 0) is 9.59 Å². The van der Waals surface area contributed by atoms with Gasteiger partial charge in [-0.1, -0.05) is 31.3 Å². The number of aliphatic hydroxyl groups excluding tert-OH is 1. The molecule has 1 unspecified atom stereocenters. The molecule has 0 spiro atoms. The van der Waals surface area contributed by atoms with Gasteiger partial charge in [0.15, 0.2) is 16.6 Å². The molecule has 2 heterocycles. The van der Waals surface area contributed by atoms with Gasteiger partial charge in [0.2, 0.25) is 0 Å². The number of rotatable bonds is 9. The van der Waals surface area contributed by atoms with Crippen LogP contribution in [0.4, 0.5) is 13.9 Å². The maximum atomic E-state index is 13.9. The molecule has 1 saturated heterocycles. The Kier molecular flexibility index (Phi) is 8.03. The van der Waals surface area contributed by atoms with Crippen LogP contribution in [-0.4, -0.2) is 35.0 Å². The van der Waals surface area contributed by atoms with Crippen molar-refractivity contribution < 1.29 is 33.0 Å². The number of amides is 1. The van der Waals surface area contributed by atoms with Gasteiger partial charge in [0.25, 0.3) is 5.78 Å². The first-order valence-corrected chi connectivity index (χ1v) is 14.0. The molecule has 1 fully saturated rings. The Balaban J connectivity index is 1.67. The molecule has 5 rings (SSSR count). The molecule has 0 radical (unpaired) electrons. The number of hydrogen-bond donors (Lipinski definition) is 1. The van der Waals surface area contributed by atoms with Crippen LogP contribution in [0, 0.1) is 17.6 Å². The van der Waals surface area contributed by atoms with Crippen LogP contribution in [0.15, 0.2) is 66.2 Å². The predicted molar refractivity (Wildman–Crippen MR) is 153 cm³/mol. The fourth-order valence-electron chi connectivity index (χ4n) is 4.58. The molecular formula is C31H28F2N2O5S. The van der Waals surface area contributed by atoms with Gasteiger partial charge < -0.3 is 14.6 Å². The number of benzene rings is 3. The molecule has 0 aliphatic carbocycles. The number of aliphatic hydroxyl groups is 1. The summed E-state index contributed by atoms with van der Waals surface area (Å²) in [4.78, 5) is 32.7. The van der Waals surface area contributed by atoms with Gasteiger partial charge in [-0.25, -0.2) is 13.8 Å². The van der Waals surface area contributed by atoms with E-state index in [1.165, 1.54) is 35.2 Å². The molecule has 3 aromatic carbocycles. The monoisotopic (exact) mass is 578 g/mol. The van der Waals surface area contributed by atoms with E-state index in [1.54, 1.807) is 18.2 Å². The fraction of sp³-hybridized carbons (Fsp3) is 0.258. The van der Waals surface area contributed by atoms with E-state index in [0.29, 0.717) is 46.4 Å². The molecule has 1 aromatic heterocycles. The number of carbonyl (C=O) groups excluding carboxylic acids is 2. The summed E-state index contributed by atoms with van der Waals surface area (Å²) in [6.07, 6.45) is 0.837. The zero-order valence-electron chi connectivity index (χ0n) is 22.7. The molecule has 10 heteroatoms. The Morgan fingerprint density at radius 1 is 1.00 bits per heavy atom. The van der Waals surface area contributed by atoms with Gasteiger partial charge >= 0.3 is 5.91 Å². The molecule has 212 valence electrons. The zero-order valence-corrected chi connectivity index (χ0v) is 23.5. The Labute approximate surface area is 239 Å². The van der Waals surface area contributed by atoms with Crippen molar-refractivity contribution in [2.24, 2.45) is 5.92 Å². The lowest BCUT2D eigenvalue weighted by atomic mass is 9.95. The molecule has 7 nitrogen and oxygen atoms in total. The highest BCUT2D eigenvalue weighted by atomic mass is 32.1. The Morgan fingerprint density at radius 2 is 1.73 bits per heavy atom. The molecule has 41 heavy (non-hydrogen) atoms. The minimum Gasteiger partial charge on any atom is -0.507 e. The van der Waals surface area contributed by atoms with Crippen molar-refractivity contribution in [3.05, 3.63) is 89.0 Å². The summed E-state index contributed by atoms with van der Waals surface area (Å²) in [6.45, 7) is 6.82. The normalized spacial score (nSPS) is 16.6. The van der Waals surface area contributed by atoms with Crippen molar-refractivity contribution in [3.8, 4) is 11.5 Å². The van der Waals surface area contributed by atoms with E-state index < -0.39 is 35.1 Å². The highest BCUT2D eigenvalue weighted by Crippen LogP contribution is 2.46. The van der Waals surface area contributed by atoms with Crippen molar-refractivity contribution in [2.45, 2.75) is 33.2 Å². The fourth-order valence-corrected chi connectivity index (χ4v) is 5.60. The number of Topliss-reactive ketones (excluding diaryl/α,β-unsaturated/α-hetero) is 1. The summed E-state index contributed by atoms with van der Waals surface area (Å²) in [5, 5.41) is 11.5. The highest BCUT2D eigenvalue weighted by molar-refractivity contribution is 7.22. The van der Waals surface area contributed by atoms with Crippen LogP contribution < -0.4 is 14.4 Å². The average molecular weight is 579 g/mol. The number of fused-ring (bicyclic) bond motifs is 1. The predicted octanol–water partition coefficient (Wildman–Crippen LogP) is 7.02. The quantitative estimate of drug-likeness (QED) is 0.130. The first-order valence-electron chi connectivity index (χ1n) is 13.2. The molecule has 0 saturated carbocycles. The third-order valence-corrected chi connectivity index (χ3v) is 7.66. The summed E-state index contributed by atoms with van der Waals surface area (Å²) in [5.41, 5.74) is 0.884. The average Bonchev–Trinajstić information content (AvgIpc) is 3.47. The number of ether oxygens (including phenoxy) is 2. The van der Waals surface area contributed by atoms with E-state index in [0.717, 1.165) is 29.9 Å². The van der Waals surface area contributed by atoms with Crippen LogP contribution in [0.5, 0.6) is 11.5 Å². The number of nitrogens with zero attached hydrogens (tertiary/aromatic N) is 2. The van der Waals surface area contributed by atoms with E-state index in [2.05, 4.69) is 18.8 Å². The summed E-state index contributed by atoms with van der Waals surface area (Å²) in [6, 6.07) is 13.0. The summed E-state index contributed by atoms with van der Waals surface area (Å²) in [5.74, 6) is -1.93. The number of hydrogen-bond acceptors (Lipinski definition) is 7. The van der Waals surface area contributed by atoms with Crippen LogP contribution in [0.2, 0.25) is 0 Å². The second-order valence-electron chi connectivity index (χ2n) is 9.95. The van der Waals surface area contributed by atoms with Crippen molar-refractivity contribution in [3.63, 3.8) is 0 Å². The number of anilines is 1. The summed E-state index contributed by atoms with van der Waals surface area (Å²) >= 11 is 1.05. The molecule has 1 aliphatic heterocycles. The maximum Gasteiger partial charge on any atom is 0.301 e. The standard InChI is InChI=1S/C31H28F2N2O5S/c1-4-39-24-15-19(7-12-23(24)40-14-13-17(2)3)27-26(28(36)18-5-8-20(32)9-6-18)29(37)30(38)35(27)31-34-22-11-10-21(33)16-25(22)41-31/h5-12,15-17,27,36H,4,13-14H2,1-3H3/b28-26+. The van der Waals surface area contributed by atoms with Gasteiger partial charge in [0.1, 0.15) is 17.4 Å². The third kappa shape index (κ3) is 5.65. The number of aromatic nitrogens is 1. The highest BCUT2D eigenvalue weighted by Gasteiger charge is 2.48.